The topological polar surface area (TPSA) is 102 Å². The molecule has 7 heteroatoms. The quantitative estimate of drug-likeness (QED) is 0.600. The first-order valence-corrected chi connectivity index (χ1v) is 9.31. The highest BCUT2D eigenvalue weighted by atomic mass is 16.6. The standard InChI is InChI=1S/C19H27NO6.C2H6/c1-18(2,3)25-16(23)14(11-12-7-9-13(21)10-8-12)20-15(22)17(24)26-19(4,5)6;1-2/h7-10,14,21H,11H2,1-6H3,(H,20,22);1-2H3. The Labute approximate surface area is 167 Å². The van der Waals surface area contributed by atoms with Gasteiger partial charge in [-0.05, 0) is 59.2 Å². The van der Waals surface area contributed by atoms with E-state index in [9.17, 15) is 19.5 Å². The highest BCUT2D eigenvalue weighted by Crippen LogP contribution is 2.15. The third-order valence-electron chi connectivity index (χ3n) is 2.96. The second kappa shape index (κ2) is 10.7. The highest BCUT2D eigenvalue weighted by Gasteiger charge is 2.31. The van der Waals surface area contributed by atoms with Gasteiger partial charge in [-0.15, -0.1) is 0 Å². The van der Waals surface area contributed by atoms with Crippen LogP contribution in [0.5, 0.6) is 5.75 Å². The van der Waals surface area contributed by atoms with Gasteiger partial charge in [0.2, 0.25) is 0 Å². The lowest BCUT2D eigenvalue weighted by Gasteiger charge is -2.25. The largest absolute Gasteiger partial charge is 0.508 e. The molecule has 0 aliphatic carbocycles. The summed E-state index contributed by atoms with van der Waals surface area (Å²) in [4.78, 5) is 36.4. The molecule has 1 amide bonds. The Morgan fingerprint density at radius 2 is 1.39 bits per heavy atom. The first kappa shape index (κ1) is 25.4. The Morgan fingerprint density at radius 3 is 1.82 bits per heavy atom. The summed E-state index contributed by atoms with van der Waals surface area (Å²) in [5, 5.41) is 11.7. The van der Waals surface area contributed by atoms with Crippen molar-refractivity contribution in [3.05, 3.63) is 29.8 Å². The predicted octanol–water partition coefficient (Wildman–Crippen LogP) is 3.13. The van der Waals surface area contributed by atoms with Crippen molar-refractivity contribution in [1.29, 1.82) is 0 Å². The van der Waals surface area contributed by atoms with E-state index in [0.29, 0.717) is 5.56 Å². The number of phenolic OH excluding ortho intramolecular Hbond substituents is 1. The Morgan fingerprint density at radius 1 is 0.929 bits per heavy atom. The van der Waals surface area contributed by atoms with Crippen molar-refractivity contribution in [2.75, 3.05) is 0 Å². The molecule has 0 saturated carbocycles. The molecule has 0 saturated heterocycles. The van der Waals surface area contributed by atoms with Gasteiger partial charge < -0.3 is 19.9 Å². The van der Waals surface area contributed by atoms with Crippen LogP contribution < -0.4 is 5.32 Å². The predicted molar refractivity (Wildman–Crippen MR) is 107 cm³/mol. The third-order valence-corrected chi connectivity index (χ3v) is 2.96. The van der Waals surface area contributed by atoms with Crippen LogP contribution in [-0.4, -0.2) is 40.2 Å². The molecule has 0 heterocycles. The van der Waals surface area contributed by atoms with Crippen LogP contribution in [-0.2, 0) is 30.3 Å². The van der Waals surface area contributed by atoms with Gasteiger partial charge in [0, 0.05) is 6.42 Å². The van der Waals surface area contributed by atoms with Gasteiger partial charge in [0.05, 0.1) is 0 Å². The Bertz CT molecular complexity index is 653. The number of nitrogens with one attached hydrogen (secondary N) is 1. The van der Waals surface area contributed by atoms with E-state index in [2.05, 4.69) is 5.32 Å². The number of hydrogen-bond donors (Lipinski definition) is 2. The lowest BCUT2D eigenvalue weighted by Crippen LogP contribution is -2.48. The van der Waals surface area contributed by atoms with Crippen molar-refractivity contribution < 1.29 is 29.0 Å². The van der Waals surface area contributed by atoms with Gasteiger partial charge >= 0.3 is 17.8 Å². The van der Waals surface area contributed by atoms with Gasteiger partial charge in [-0.1, -0.05) is 26.0 Å². The summed E-state index contributed by atoms with van der Waals surface area (Å²) in [7, 11) is 0. The molecular weight excluding hydrogens is 362 g/mol. The van der Waals surface area contributed by atoms with Crippen LogP contribution in [0.25, 0.3) is 0 Å². The average molecular weight is 395 g/mol. The van der Waals surface area contributed by atoms with Gasteiger partial charge in [-0.2, -0.15) is 0 Å². The number of carbonyl (C=O) groups excluding carboxylic acids is 3. The fourth-order valence-electron chi connectivity index (χ4n) is 1.98. The zero-order chi connectivity index (χ0) is 22.1. The molecule has 0 spiro atoms. The van der Waals surface area contributed by atoms with Gasteiger partial charge in [-0.25, -0.2) is 9.59 Å². The number of benzene rings is 1. The zero-order valence-corrected chi connectivity index (χ0v) is 18.1. The van der Waals surface area contributed by atoms with Crippen LogP contribution in [0.3, 0.4) is 0 Å². The highest BCUT2D eigenvalue weighted by molar-refractivity contribution is 6.33. The summed E-state index contributed by atoms with van der Waals surface area (Å²) in [6.07, 6.45) is 0.101. The molecule has 1 rings (SSSR count). The normalized spacial score (nSPS) is 12.1. The van der Waals surface area contributed by atoms with Crippen LogP contribution in [0, 0.1) is 0 Å². The fraction of sp³-hybridized carbons (Fsp3) is 0.571. The summed E-state index contributed by atoms with van der Waals surface area (Å²) in [5.74, 6) is -2.67. The Balaban J connectivity index is 0.00000352. The molecule has 28 heavy (non-hydrogen) atoms. The van der Waals surface area contributed by atoms with E-state index < -0.39 is 35.1 Å². The van der Waals surface area contributed by atoms with Crippen molar-refractivity contribution in [3.8, 4) is 5.75 Å². The van der Waals surface area contributed by atoms with Crippen molar-refractivity contribution in [2.24, 2.45) is 0 Å². The molecule has 0 aliphatic rings. The van der Waals surface area contributed by atoms with Crippen LogP contribution in [0.1, 0.15) is 61.0 Å². The van der Waals surface area contributed by atoms with Gasteiger partial charge in [0.25, 0.3) is 0 Å². The number of rotatable bonds is 4. The van der Waals surface area contributed by atoms with Crippen LogP contribution >= 0.6 is 0 Å². The second-order valence-electron chi connectivity index (χ2n) is 7.93. The first-order valence-electron chi connectivity index (χ1n) is 9.31. The minimum atomic E-state index is -1.07. The molecule has 1 aromatic carbocycles. The Kier molecular flexibility index (Phi) is 9.70. The molecule has 2 N–H and O–H groups in total. The smallest absolute Gasteiger partial charge is 0.397 e. The van der Waals surface area contributed by atoms with Crippen LogP contribution in [0.15, 0.2) is 24.3 Å². The first-order chi connectivity index (χ1) is 12.8. The molecule has 158 valence electrons. The number of aromatic hydroxyl groups is 1. The molecule has 0 radical (unpaired) electrons. The lowest BCUT2D eigenvalue weighted by atomic mass is 10.1. The van der Waals surface area contributed by atoms with E-state index in [0.717, 1.165) is 0 Å². The van der Waals surface area contributed by atoms with E-state index >= 15 is 0 Å². The van der Waals surface area contributed by atoms with E-state index in [1.165, 1.54) is 12.1 Å². The maximum atomic E-state index is 12.4. The van der Waals surface area contributed by atoms with Crippen LogP contribution in [0.2, 0.25) is 0 Å². The average Bonchev–Trinajstić information content (AvgIpc) is 2.54. The Hall–Kier alpha value is -2.57. The van der Waals surface area contributed by atoms with Gasteiger partial charge in [0.1, 0.15) is 23.0 Å². The molecule has 7 nitrogen and oxygen atoms in total. The monoisotopic (exact) mass is 395 g/mol. The summed E-state index contributed by atoms with van der Waals surface area (Å²) >= 11 is 0. The number of phenols is 1. The van der Waals surface area contributed by atoms with E-state index in [4.69, 9.17) is 9.47 Å². The minimum Gasteiger partial charge on any atom is -0.508 e. The number of ether oxygens (including phenoxy) is 2. The molecular formula is C21H33NO6. The summed E-state index contributed by atoms with van der Waals surface area (Å²) in [6, 6.07) is 5.10. The molecule has 0 aliphatic heterocycles. The zero-order valence-electron chi connectivity index (χ0n) is 18.1. The molecule has 0 aromatic heterocycles. The minimum absolute atomic E-state index is 0.0837. The lowest BCUT2D eigenvalue weighted by molar-refractivity contribution is -0.165. The fourth-order valence-corrected chi connectivity index (χ4v) is 1.98. The van der Waals surface area contributed by atoms with Gasteiger partial charge in [0.15, 0.2) is 0 Å². The van der Waals surface area contributed by atoms with E-state index in [1.807, 2.05) is 13.8 Å². The van der Waals surface area contributed by atoms with Crippen molar-refractivity contribution in [3.63, 3.8) is 0 Å². The molecule has 0 bridgehead atoms. The maximum absolute atomic E-state index is 12.4. The van der Waals surface area contributed by atoms with Gasteiger partial charge in [-0.3, -0.25) is 4.79 Å². The van der Waals surface area contributed by atoms with Crippen molar-refractivity contribution in [2.45, 2.75) is 79.1 Å². The molecule has 1 atom stereocenters. The van der Waals surface area contributed by atoms with Crippen molar-refractivity contribution >= 4 is 17.8 Å². The molecule has 0 fully saturated rings. The summed E-state index contributed by atoms with van der Waals surface area (Å²) in [5.41, 5.74) is -0.892. The SMILES string of the molecule is CC.CC(C)(C)OC(=O)C(=O)NC(Cc1ccc(O)cc1)C(=O)OC(C)(C)C. The van der Waals surface area contributed by atoms with Crippen LogP contribution in [0.4, 0.5) is 0 Å². The summed E-state index contributed by atoms with van der Waals surface area (Å²) in [6.45, 7) is 14.0. The number of hydrogen-bond acceptors (Lipinski definition) is 6. The third kappa shape index (κ3) is 10.5. The number of amides is 1. The van der Waals surface area contributed by atoms with E-state index in [-0.39, 0.29) is 12.2 Å². The summed E-state index contributed by atoms with van der Waals surface area (Å²) < 4.78 is 10.3. The number of carbonyl (C=O) groups is 3. The molecule has 1 unspecified atom stereocenters. The van der Waals surface area contributed by atoms with Crippen molar-refractivity contribution in [1.82, 2.24) is 5.32 Å². The second-order valence-corrected chi connectivity index (χ2v) is 7.93. The van der Waals surface area contributed by atoms with E-state index in [1.54, 1.807) is 53.7 Å². The number of esters is 2. The molecule has 1 aromatic rings. The maximum Gasteiger partial charge on any atom is 0.397 e.